The molecule has 2 N–H and O–H groups in total. The SMILES string of the molecule is CCCC/C=C\C[C@H]1C(=O)C[C@@H](SCCO)[C@@H]1/C=C/CC(O)(CCCCCC)C1CC1. The second kappa shape index (κ2) is 14.5. The van der Waals surface area contributed by atoms with Crippen LogP contribution in [-0.2, 0) is 4.79 Å². The molecule has 2 fully saturated rings. The van der Waals surface area contributed by atoms with E-state index in [-0.39, 0.29) is 23.7 Å². The third-order valence-electron chi connectivity index (χ3n) is 7.04. The first-order valence-corrected chi connectivity index (χ1v) is 13.9. The van der Waals surface area contributed by atoms with Gasteiger partial charge in [-0.1, -0.05) is 76.7 Å². The molecule has 1 unspecified atom stereocenters. The summed E-state index contributed by atoms with van der Waals surface area (Å²) in [5.41, 5.74) is -0.559. The Labute approximate surface area is 195 Å². The van der Waals surface area contributed by atoms with Crippen LogP contribution in [0, 0.1) is 17.8 Å². The molecule has 178 valence electrons. The number of rotatable bonds is 17. The van der Waals surface area contributed by atoms with Gasteiger partial charge in [-0.15, -0.1) is 0 Å². The highest BCUT2D eigenvalue weighted by Crippen LogP contribution is 2.45. The van der Waals surface area contributed by atoms with Crippen molar-refractivity contribution < 1.29 is 15.0 Å². The van der Waals surface area contributed by atoms with Crippen LogP contribution >= 0.6 is 11.8 Å². The summed E-state index contributed by atoms with van der Waals surface area (Å²) in [7, 11) is 0. The first kappa shape index (κ1) is 26.7. The van der Waals surface area contributed by atoms with E-state index in [2.05, 4.69) is 38.2 Å². The van der Waals surface area contributed by atoms with Gasteiger partial charge in [-0.25, -0.2) is 0 Å². The van der Waals surface area contributed by atoms with Crippen LogP contribution in [0.25, 0.3) is 0 Å². The summed E-state index contributed by atoms with van der Waals surface area (Å²) in [6.45, 7) is 4.58. The molecule has 0 saturated heterocycles. The molecule has 0 aromatic heterocycles. The summed E-state index contributed by atoms with van der Waals surface area (Å²) in [6, 6.07) is 0. The molecule has 4 atom stereocenters. The van der Waals surface area contributed by atoms with E-state index in [0.717, 1.165) is 38.5 Å². The molecule has 0 aliphatic heterocycles. The van der Waals surface area contributed by atoms with E-state index in [1.807, 2.05) is 0 Å². The Kier molecular flexibility index (Phi) is 12.5. The lowest BCUT2D eigenvalue weighted by atomic mass is 9.86. The van der Waals surface area contributed by atoms with Gasteiger partial charge in [0.15, 0.2) is 0 Å². The fourth-order valence-corrected chi connectivity index (χ4v) is 6.14. The van der Waals surface area contributed by atoms with E-state index in [1.165, 1.54) is 32.1 Å². The summed E-state index contributed by atoms with van der Waals surface area (Å²) in [5.74, 6) is 1.76. The average molecular weight is 451 g/mol. The molecule has 2 aliphatic rings. The van der Waals surface area contributed by atoms with Gasteiger partial charge in [-0.3, -0.25) is 4.79 Å². The van der Waals surface area contributed by atoms with Gasteiger partial charge < -0.3 is 10.2 Å². The number of aliphatic hydroxyl groups excluding tert-OH is 1. The molecule has 4 heteroatoms. The van der Waals surface area contributed by atoms with E-state index in [9.17, 15) is 15.0 Å². The van der Waals surface area contributed by atoms with Crippen LogP contribution in [0.1, 0.15) is 97.3 Å². The highest BCUT2D eigenvalue weighted by atomic mass is 32.2. The van der Waals surface area contributed by atoms with Crippen molar-refractivity contribution in [2.24, 2.45) is 17.8 Å². The molecule has 0 aromatic rings. The summed E-state index contributed by atoms with van der Waals surface area (Å²) >= 11 is 1.73. The normalized spacial score (nSPS) is 26.3. The van der Waals surface area contributed by atoms with Crippen LogP contribution in [0.15, 0.2) is 24.3 Å². The maximum atomic E-state index is 12.8. The molecular weight excluding hydrogens is 404 g/mol. The number of carbonyl (C=O) groups is 1. The zero-order valence-corrected chi connectivity index (χ0v) is 20.8. The zero-order valence-electron chi connectivity index (χ0n) is 19.9. The Bertz CT molecular complexity index is 569. The number of allylic oxidation sites excluding steroid dienone is 3. The fraction of sp³-hybridized carbons (Fsp3) is 0.815. The highest BCUT2D eigenvalue weighted by Gasteiger charge is 2.43. The van der Waals surface area contributed by atoms with Crippen LogP contribution in [0.3, 0.4) is 0 Å². The number of thioether (sulfide) groups is 1. The zero-order chi connectivity index (χ0) is 22.5. The van der Waals surface area contributed by atoms with Crippen LogP contribution < -0.4 is 0 Å². The van der Waals surface area contributed by atoms with Crippen molar-refractivity contribution >= 4 is 17.5 Å². The largest absolute Gasteiger partial charge is 0.396 e. The minimum absolute atomic E-state index is 0.0453. The van der Waals surface area contributed by atoms with E-state index < -0.39 is 5.60 Å². The summed E-state index contributed by atoms with van der Waals surface area (Å²) in [4.78, 5) is 12.8. The minimum atomic E-state index is -0.559. The predicted molar refractivity (Wildman–Crippen MR) is 133 cm³/mol. The molecule has 2 aliphatic carbocycles. The highest BCUT2D eigenvalue weighted by molar-refractivity contribution is 8.00. The minimum Gasteiger partial charge on any atom is -0.396 e. The van der Waals surface area contributed by atoms with Crippen LogP contribution in [-0.4, -0.2) is 39.2 Å². The molecule has 0 radical (unpaired) electrons. The van der Waals surface area contributed by atoms with Gasteiger partial charge in [-0.2, -0.15) is 11.8 Å². The first-order valence-electron chi connectivity index (χ1n) is 12.8. The number of hydrogen-bond donors (Lipinski definition) is 2. The quantitative estimate of drug-likeness (QED) is 0.197. The van der Waals surface area contributed by atoms with E-state index in [4.69, 9.17) is 0 Å². The molecule has 0 bridgehead atoms. The molecular formula is C27H46O3S. The summed E-state index contributed by atoms with van der Waals surface area (Å²) in [5, 5.41) is 20.8. The third-order valence-corrected chi connectivity index (χ3v) is 8.37. The molecule has 0 heterocycles. The second-order valence-electron chi connectivity index (χ2n) is 9.66. The average Bonchev–Trinajstić information content (AvgIpc) is 3.57. The third kappa shape index (κ3) is 9.06. The van der Waals surface area contributed by atoms with Crippen LogP contribution in [0.4, 0.5) is 0 Å². The lowest BCUT2D eigenvalue weighted by molar-refractivity contribution is -0.120. The number of carbonyl (C=O) groups excluding carboxylic acids is 1. The molecule has 0 aromatic carbocycles. The fourth-order valence-electron chi connectivity index (χ4n) is 4.94. The van der Waals surface area contributed by atoms with Crippen molar-refractivity contribution in [3.8, 4) is 0 Å². The molecule has 0 amide bonds. The lowest BCUT2D eigenvalue weighted by Gasteiger charge is -2.28. The smallest absolute Gasteiger partial charge is 0.138 e. The number of aliphatic hydroxyl groups is 2. The maximum Gasteiger partial charge on any atom is 0.138 e. The van der Waals surface area contributed by atoms with Gasteiger partial charge in [0, 0.05) is 23.3 Å². The van der Waals surface area contributed by atoms with Crippen LogP contribution in [0.5, 0.6) is 0 Å². The van der Waals surface area contributed by atoms with Crippen molar-refractivity contribution in [1.82, 2.24) is 0 Å². The van der Waals surface area contributed by atoms with E-state index in [1.54, 1.807) is 11.8 Å². The van der Waals surface area contributed by atoms with Crippen molar-refractivity contribution in [1.29, 1.82) is 0 Å². The van der Waals surface area contributed by atoms with Gasteiger partial charge in [0.25, 0.3) is 0 Å². The van der Waals surface area contributed by atoms with Gasteiger partial charge in [-0.05, 0) is 50.4 Å². The van der Waals surface area contributed by atoms with Gasteiger partial charge in [0.1, 0.15) is 5.78 Å². The van der Waals surface area contributed by atoms with Crippen molar-refractivity contribution in [2.45, 2.75) is 108 Å². The molecule has 2 rings (SSSR count). The Morgan fingerprint density at radius 1 is 1.06 bits per heavy atom. The molecule has 2 saturated carbocycles. The Morgan fingerprint density at radius 3 is 2.52 bits per heavy atom. The predicted octanol–water partition coefficient (Wildman–Crippen LogP) is 6.48. The van der Waals surface area contributed by atoms with Gasteiger partial charge in [0.2, 0.25) is 0 Å². The number of unbranched alkanes of at least 4 members (excludes halogenated alkanes) is 5. The van der Waals surface area contributed by atoms with E-state index >= 15 is 0 Å². The van der Waals surface area contributed by atoms with Crippen molar-refractivity contribution in [3.63, 3.8) is 0 Å². The first-order chi connectivity index (χ1) is 15.1. The van der Waals surface area contributed by atoms with Crippen molar-refractivity contribution in [3.05, 3.63) is 24.3 Å². The number of hydrogen-bond acceptors (Lipinski definition) is 4. The van der Waals surface area contributed by atoms with Gasteiger partial charge >= 0.3 is 0 Å². The Morgan fingerprint density at radius 2 is 1.84 bits per heavy atom. The monoisotopic (exact) mass is 450 g/mol. The maximum absolute atomic E-state index is 12.8. The molecule has 31 heavy (non-hydrogen) atoms. The molecule has 0 spiro atoms. The van der Waals surface area contributed by atoms with E-state index in [0.29, 0.717) is 30.3 Å². The standard InChI is InChI=1S/C27H46O3S/c1-3-5-7-9-10-13-23-24(26(21-25(23)29)31-20-19-28)14-12-18-27(30,22-15-16-22)17-11-8-6-4-2/h9-10,12,14,22-24,26,28,30H,3-8,11,13,15-21H2,1-2H3/b10-9-,14-12+/t23-,24-,26-,27?/m1/s1. The van der Waals surface area contributed by atoms with Crippen LogP contribution in [0.2, 0.25) is 0 Å². The Hall–Kier alpha value is -0.580. The summed E-state index contributed by atoms with van der Waals surface area (Å²) in [6.07, 6.45) is 22.5. The molecule has 3 nitrogen and oxygen atoms in total. The lowest BCUT2D eigenvalue weighted by Crippen LogP contribution is -2.30. The summed E-state index contributed by atoms with van der Waals surface area (Å²) < 4.78 is 0. The number of ketones is 1. The topological polar surface area (TPSA) is 57.5 Å². The second-order valence-corrected chi connectivity index (χ2v) is 11.0. The van der Waals surface area contributed by atoms with Crippen molar-refractivity contribution in [2.75, 3.05) is 12.4 Å². The number of Topliss-reactive ketones (excluding diaryl/α,β-unsaturated/α-hetero) is 1. The van der Waals surface area contributed by atoms with Gasteiger partial charge in [0.05, 0.1) is 12.2 Å². The Balaban J connectivity index is 1.99.